The zero-order valence-corrected chi connectivity index (χ0v) is 12.3. The molecule has 0 aromatic heterocycles. The molecule has 0 bridgehead atoms. The van der Waals surface area contributed by atoms with Crippen molar-refractivity contribution in [2.24, 2.45) is 11.3 Å². The predicted molar refractivity (Wildman–Crippen MR) is 71.8 cm³/mol. The monoisotopic (exact) mass is 289 g/mol. The van der Waals surface area contributed by atoms with Crippen LogP contribution in [-0.4, -0.2) is 17.3 Å². The number of carbonyl (C=O) groups is 1. The van der Waals surface area contributed by atoms with Crippen molar-refractivity contribution in [1.29, 1.82) is 0 Å². The first kappa shape index (κ1) is 14.0. The lowest BCUT2D eigenvalue weighted by Crippen LogP contribution is -2.42. The van der Waals surface area contributed by atoms with Crippen molar-refractivity contribution in [1.82, 2.24) is 5.32 Å². The second kappa shape index (κ2) is 6.04. The van der Waals surface area contributed by atoms with Gasteiger partial charge in [-0.1, -0.05) is 49.5 Å². The summed E-state index contributed by atoms with van der Waals surface area (Å²) in [5.41, 5.74) is 0.177. The van der Waals surface area contributed by atoms with Crippen molar-refractivity contribution in [3.05, 3.63) is 0 Å². The number of alkyl halides is 1. The zero-order valence-electron chi connectivity index (χ0n) is 10.7. The van der Waals surface area contributed by atoms with Crippen molar-refractivity contribution in [3.63, 3.8) is 0 Å². The van der Waals surface area contributed by atoms with E-state index in [0.717, 1.165) is 19.4 Å². The molecule has 0 aromatic rings. The number of carbonyl (C=O) groups excluding carboxylic acids is 1. The van der Waals surface area contributed by atoms with Gasteiger partial charge in [-0.3, -0.25) is 4.79 Å². The molecule has 16 heavy (non-hydrogen) atoms. The molecule has 0 radical (unpaired) electrons. The van der Waals surface area contributed by atoms with E-state index in [4.69, 9.17) is 0 Å². The van der Waals surface area contributed by atoms with Gasteiger partial charge >= 0.3 is 0 Å². The van der Waals surface area contributed by atoms with Gasteiger partial charge in [-0.2, -0.15) is 0 Å². The summed E-state index contributed by atoms with van der Waals surface area (Å²) in [4.78, 5) is 12.5. The average molecular weight is 290 g/mol. The van der Waals surface area contributed by atoms with Gasteiger partial charge < -0.3 is 5.32 Å². The molecule has 0 spiro atoms. The predicted octanol–water partition coefficient (Wildman–Crippen LogP) is 3.49. The number of nitrogens with one attached hydrogen (secondary N) is 1. The standard InChI is InChI=1S/C13H24BrNO/c1-4-10(14)9-15-12(16)11-7-5-6-8-13(11,2)3/h10-11H,4-9H2,1-3H3,(H,15,16). The summed E-state index contributed by atoms with van der Waals surface area (Å²) in [5, 5.41) is 3.07. The SMILES string of the molecule is CCC(Br)CNC(=O)C1CCCCC1(C)C. The van der Waals surface area contributed by atoms with E-state index in [2.05, 4.69) is 42.0 Å². The van der Waals surface area contributed by atoms with Gasteiger partial charge in [0.1, 0.15) is 0 Å². The summed E-state index contributed by atoms with van der Waals surface area (Å²) in [6.45, 7) is 7.32. The Hall–Kier alpha value is -0.0500. The Bertz CT molecular complexity index is 240. The molecule has 0 aromatic carbocycles. The first-order chi connectivity index (χ1) is 7.47. The molecule has 1 aliphatic rings. The number of rotatable bonds is 4. The molecule has 1 N–H and O–H groups in total. The van der Waals surface area contributed by atoms with Crippen molar-refractivity contribution in [3.8, 4) is 0 Å². The third kappa shape index (κ3) is 3.76. The van der Waals surface area contributed by atoms with Crippen LogP contribution in [-0.2, 0) is 4.79 Å². The van der Waals surface area contributed by atoms with E-state index < -0.39 is 0 Å². The van der Waals surface area contributed by atoms with Crippen LogP contribution in [0.4, 0.5) is 0 Å². The molecule has 3 heteroatoms. The van der Waals surface area contributed by atoms with Crippen molar-refractivity contribution >= 4 is 21.8 Å². The third-order valence-corrected chi connectivity index (χ3v) is 4.74. The van der Waals surface area contributed by atoms with Gasteiger partial charge in [0.25, 0.3) is 0 Å². The molecule has 2 nitrogen and oxygen atoms in total. The van der Waals surface area contributed by atoms with Crippen LogP contribution in [0.25, 0.3) is 0 Å². The molecular weight excluding hydrogens is 266 g/mol. The zero-order chi connectivity index (χ0) is 12.2. The summed E-state index contributed by atoms with van der Waals surface area (Å²) >= 11 is 3.54. The van der Waals surface area contributed by atoms with Crippen molar-refractivity contribution in [2.75, 3.05) is 6.54 Å². The van der Waals surface area contributed by atoms with Gasteiger partial charge in [0.2, 0.25) is 5.91 Å². The second-order valence-electron chi connectivity index (χ2n) is 5.54. The minimum atomic E-state index is 0.177. The van der Waals surface area contributed by atoms with E-state index in [1.54, 1.807) is 0 Å². The van der Waals surface area contributed by atoms with Crippen LogP contribution in [0.15, 0.2) is 0 Å². The van der Waals surface area contributed by atoms with Gasteiger partial charge in [-0.05, 0) is 24.7 Å². The fourth-order valence-corrected chi connectivity index (χ4v) is 2.62. The van der Waals surface area contributed by atoms with Crippen LogP contribution in [0, 0.1) is 11.3 Å². The van der Waals surface area contributed by atoms with Crippen molar-refractivity contribution in [2.45, 2.75) is 57.7 Å². The topological polar surface area (TPSA) is 29.1 Å². The number of amides is 1. The summed E-state index contributed by atoms with van der Waals surface area (Å²) < 4.78 is 0. The van der Waals surface area contributed by atoms with E-state index in [0.29, 0.717) is 4.83 Å². The molecule has 2 unspecified atom stereocenters. The maximum atomic E-state index is 12.1. The maximum Gasteiger partial charge on any atom is 0.223 e. The number of hydrogen-bond donors (Lipinski definition) is 1. The fraction of sp³-hybridized carbons (Fsp3) is 0.923. The van der Waals surface area contributed by atoms with Crippen LogP contribution >= 0.6 is 15.9 Å². The van der Waals surface area contributed by atoms with Gasteiger partial charge in [0, 0.05) is 17.3 Å². The first-order valence-corrected chi connectivity index (χ1v) is 7.30. The summed E-state index contributed by atoms with van der Waals surface area (Å²) in [6.07, 6.45) is 5.75. The number of halogens is 1. The molecule has 0 heterocycles. The Morgan fingerprint density at radius 3 is 2.75 bits per heavy atom. The van der Waals surface area contributed by atoms with E-state index in [1.807, 2.05) is 0 Å². The first-order valence-electron chi connectivity index (χ1n) is 6.39. The number of hydrogen-bond acceptors (Lipinski definition) is 1. The van der Waals surface area contributed by atoms with Crippen LogP contribution in [0.3, 0.4) is 0 Å². The molecule has 0 saturated heterocycles. The Morgan fingerprint density at radius 1 is 1.50 bits per heavy atom. The van der Waals surface area contributed by atoms with E-state index >= 15 is 0 Å². The van der Waals surface area contributed by atoms with Crippen LogP contribution in [0.5, 0.6) is 0 Å². The Morgan fingerprint density at radius 2 is 2.19 bits per heavy atom. The van der Waals surface area contributed by atoms with Crippen LogP contribution in [0.2, 0.25) is 0 Å². The van der Waals surface area contributed by atoms with E-state index in [1.165, 1.54) is 19.3 Å². The molecule has 2 atom stereocenters. The molecule has 0 aliphatic heterocycles. The lowest BCUT2D eigenvalue weighted by atomic mass is 9.68. The Balaban J connectivity index is 2.46. The quantitative estimate of drug-likeness (QED) is 0.789. The minimum absolute atomic E-state index is 0.177. The normalized spacial score (nSPS) is 26.1. The highest BCUT2D eigenvalue weighted by Crippen LogP contribution is 2.40. The highest BCUT2D eigenvalue weighted by Gasteiger charge is 2.36. The van der Waals surface area contributed by atoms with Gasteiger partial charge in [0.05, 0.1) is 0 Å². The molecular formula is C13H24BrNO. The maximum absolute atomic E-state index is 12.1. The van der Waals surface area contributed by atoms with Gasteiger partial charge in [0.15, 0.2) is 0 Å². The Kier molecular flexibility index (Phi) is 5.29. The summed E-state index contributed by atoms with van der Waals surface area (Å²) in [6, 6.07) is 0. The van der Waals surface area contributed by atoms with Crippen molar-refractivity contribution < 1.29 is 4.79 Å². The fourth-order valence-electron chi connectivity index (χ4n) is 2.46. The summed E-state index contributed by atoms with van der Waals surface area (Å²) in [7, 11) is 0. The average Bonchev–Trinajstić information content (AvgIpc) is 2.24. The van der Waals surface area contributed by atoms with E-state index in [9.17, 15) is 4.79 Å². The smallest absolute Gasteiger partial charge is 0.223 e. The van der Waals surface area contributed by atoms with E-state index in [-0.39, 0.29) is 17.2 Å². The molecule has 94 valence electrons. The third-order valence-electron chi connectivity index (χ3n) is 3.76. The highest BCUT2D eigenvalue weighted by molar-refractivity contribution is 9.09. The second-order valence-corrected chi connectivity index (χ2v) is 6.83. The largest absolute Gasteiger partial charge is 0.355 e. The van der Waals surface area contributed by atoms with Crippen LogP contribution in [0.1, 0.15) is 52.9 Å². The lowest BCUT2D eigenvalue weighted by Gasteiger charge is -2.37. The lowest BCUT2D eigenvalue weighted by molar-refractivity contribution is -0.130. The molecule has 1 fully saturated rings. The molecule has 1 aliphatic carbocycles. The van der Waals surface area contributed by atoms with Gasteiger partial charge in [-0.25, -0.2) is 0 Å². The Labute approximate surface area is 108 Å². The highest BCUT2D eigenvalue weighted by atomic mass is 79.9. The summed E-state index contributed by atoms with van der Waals surface area (Å²) in [5.74, 6) is 0.459. The molecule has 1 rings (SSSR count). The molecule has 1 amide bonds. The van der Waals surface area contributed by atoms with Gasteiger partial charge in [-0.15, -0.1) is 0 Å². The molecule has 1 saturated carbocycles. The van der Waals surface area contributed by atoms with Crippen LogP contribution < -0.4 is 5.32 Å². The minimum Gasteiger partial charge on any atom is -0.355 e.